The Labute approximate surface area is 118 Å². The maximum absolute atomic E-state index is 12.6. The Morgan fingerprint density at radius 3 is 2.30 bits per heavy atom. The minimum atomic E-state index is -4.14. The molecule has 0 spiro atoms. The third kappa shape index (κ3) is 4.23. The fourth-order valence-corrected chi connectivity index (χ4v) is 2.60. The Morgan fingerprint density at radius 2 is 1.85 bits per heavy atom. The van der Waals surface area contributed by atoms with Crippen LogP contribution in [0.1, 0.15) is 62.1 Å². The number of hydrogen-bond acceptors (Lipinski definition) is 1. The van der Waals surface area contributed by atoms with Crippen molar-refractivity contribution in [3.8, 4) is 0 Å². The SMILES string of the molecule is CCCNC(CC(F)(F)F)c1ccc(C2CCC2)cc1. The summed E-state index contributed by atoms with van der Waals surface area (Å²) >= 11 is 0. The minimum Gasteiger partial charge on any atom is -0.310 e. The summed E-state index contributed by atoms with van der Waals surface area (Å²) in [7, 11) is 0. The molecule has 4 heteroatoms. The summed E-state index contributed by atoms with van der Waals surface area (Å²) in [5.74, 6) is 0.619. The molecule has 0 heterocycles. The van der Waals surface area contributed by atoms with Crippen molar-refractivity contribution in [3.05, 3.63) is 35.4 Å². The van der Waals surface area contributed by atoms with E-state index in [0.717, 1.165) is 12.0 Å². The molecule has 2 rings (SSSR count). The fraction of sp³-hybridized carbons (Fsp3) is 0.625. The van der Waals surface area contributed by atoms with Crippen LogP contribution >= 0.6 is 0 Å². The highest BCUT2D eigenvalue weighted by molar-refractivity contribution is 5.28. The molecule has 1 N–H and O–H groups in total. The van der Waals surface area contributed by atoms with Gasteiger partial charge in [-0.15, -0.1) is 0 Å². The van der Waals surface area contributed by atoms with Crippen LogP contribution in [0.5, 0.6) is 0 Å². The van der Waals surface area contributed by atoms with Crippen molar-refractivity contribution in [1.29, 1.82) is 0 Å². The Balaban J connectivity index is 2.06. The highest BCUT2D eigenvalue weighted by Crippen LogP contribution is 2.37. The number of benzene rings is 1. The number of alkyl halides is 3. The first-order valence-electron chi connectivity index (χ1n) is 7.39. The molecule has 0 radical (unpaired) electrons. The van der Waals surface area contributed by atoms with Gasteiger partial charge >= 0.3 is 6.18 Å². The van der Waals surface area contributed by atoms with Crippen molar-refractivity contribution in [3.63, 3.8) is 0 Å². The maximum atomic E-state index is 12.6. The lowest BCUT2D eigenvalue weighted by Gasteiger charge is -2.26. The van der Waals surface area contributed by atoms with Gasteiger partial charge in [0.15, 0.2) is 0 Å². The van der Waals surface area contributed by atoms with E-state index in [1.807, 2.05) is 31.2 Å². The van der Waals surface area contributed by atoms with E-state index in [2.05, 4.69) is 5.32 Å². The molecule has 0 saturated heterocycles. The predicted molar refractivity (Wildman–Crippen MR) is 74.7 cm³/mol. The molecule has 1 aromatic rings. The Kier molecular flexibility index (Phi) is 5.08. The molecule has 1 aromatic carbocycles. The van der Waals surface area contributed by atoms with E-state index in [-0.39, 0.29) is 0 Å². The van der Waals surface area contributed by atoms with Crippen LogP contribution in [0.4, 0.5) is 13.2 Å². The standard InChI is InChI=1S/C16H22F3N/c1-2-10-20-15(11-16(17,18)19)14-8-6-13(7-9-14)12-4-3-5-12/h6-9,12,15,20H,2-5,10-11H2,1H3. The van der Waals surface area contributed by atoms with Gasteiger partial charge in [-0.2, -0.15) is 13.2 Å². The van der Waals surface area contributed by atoms with Crippen LogP contribution in [0.25, 0.3) is 0 Å². The summed E-state index contributed by atoms with van der Waals surface area (Å²) in [5, 5.41) is 3.00. The van der Waals surface area contributed by atoms with E-state index in [9.17, 15) is 13.2 Å². The van der Waals surface area contributed by atoms with E-state index in [1.54, 1.807) is 0 Å². The van der Waals surface area contributed by atoms with Gasteiger partial charge in [0.05, 0.1) is 6.42 Å². The highest BCUT2D eigenvalue weighted by atomic mass is 19.4. The maximum Gasteiger partial charge on any atom is 0.390 e. The molecule has 0 aromatic heterocycles. The second-order valence-corrected chi connectivity index (χ2v) is 5.62. The van der Waals surface area contributed by atoms with Gasteiger partial charge in [-0.25, -0.2) is 0 Å². The molecule has 1 nitrogen and oxygen atoms in total. The highest BCUT2D eigenvalue weighted by Gasteiger charge is 2.32. The van der Waals surface area contributed by atoms with Crippen LogP contribution in [-0.4, -0.2) is 12.7 Å². The molecule has 112 valence electrons. The molecule has 20 heavy (non-hydrogen) atoms. The molecule has 0 bridgehead atoms. The third-order valence-corrected chi connectivity index (χ3v) is 3.99. The van der Waals surface area contributed by atoms with Gasteiger partial charge in [0.1, 0.15) is 0 Å². The van der Waals surface area contributed by atoms with E-state index in [0.29, 0.717) is 12.5 Å². The molecular formula is C16H22F3N. The van der Waals surface area contributed by atoms with Crippen LogP contribution in [0.3, 0.4) is 0 Å². The molecule has 1 saturated carbocycles. The average Bonchev–Trinajstić information content (AvgIpc) is 2.32. The van der Waals surface area contributed by atoms with Gasteiger partial charge in [0.25, 0.3) is 0 Å². The lowest BCUT2D eigenvalue weighted by molar-refractivity contribution is -0.140. The number of nitrogens with one attached hydrogen (secondary N) is 1. The molecular weight excluding hydrogens is 263 g/mol. The van der Waals surface area contributed by atoms with Crippen molar-refractivity contribution in [1.82, 2.24) is 5.32 Å². The first-order chi connectivity index (χ1) is 9.49. The largest absolute Gasteiger partial charge is 0.390 e. The van der Waals surface area contributed by atoms with Gasteiger partial charge in [-0.3, -0.25) is 0 Å². The summed E-state index contributed by atoms with van der Waals surface area (Å²) < 4.78 is 37.9. The number of hydrogen-bond donors (Lipinski definition) is 1. The molecule has 1 aliphatic carbocycles. The topological polar surface area (TPSA) is 12.0 Å². The Bertz CT molecular complexity index is 407. The summed E-state index contributed by atoms with van der Waals surface area (Å²) in [6.45, 7) is 2.56. The van der Waals surface area contributed by atoms with E-state index < -0.39 is 18.6 Å². The van der Waals surface area contributed by atoms with Crippen LogP contribution in [0.2, 0.25) is 0 Å². The van der Waals surface area contributed by atoms with Gasteiger partial charge in [0, 0.05) is 6.04 Å². The van der Waals surface area contributed by atoms with E-state index in [4.69, 9.17) is 0 Å². The molecule has 1 fully saturated rings. The monoisotopic (exact) mass is 285 g/mol. The fourth-order valence-electron chi connectivity index (χ4n) is 2.60. The van der Waals surface area contributed by atoms with Crippen molar-refractivity contribution >= 4 is 0 Å². The number of halogens is 3. The normalized spacial score (nSPS) is 17.8. The molecule has 0 amide bonds. The van der Waals surface area contributed by atoms with Gasteiger partial charge in [0.2, 0.25) is 0 Å². The van der Waals surface area contributed by atoms with E-state index >= 15 is 0 Å². The molecule has 0 aliphatic heterocycles. The zero-order valence-electron chi connectivity index (χ0n) is 11.8. The molecule has 1 unspecified atom stereocenters. The summed E-state index contributed by atoms with van der Waals surface area (Å²) in [6.07, 6.45) is -0.442. The molecule has 1 atom stereocenters. The summed E-state index contributed by atoms with van der Waals surface area (Å²) in [6, 6.07) is 7.07. The van der Waals surface area contributed by atoms with Gasteiger partial charge in [-0.1, -0.05) is 37.6 Å². The van der Waals surface area contributed by atoms with Gasteiger partial charge < -0.3 is 5.32 Å². The van der Waals surface area contributed by atoms with Crippen LogP contribution < -0.4 is 5.32 Å². The predicted octanol–water partition coefficient (Wildman–Crippen LogP) is 4.95. The first kappa shape index (κ1) is 15.4. The van der Waals surface area contributed by atoms with Crippen molar-refractivity contribution in [2.24, 2.45) is 0 Å². The van der Waals surface area contributed by atoms with Crippen molar-refractivity contribution < 1.29 is 13.2 Å². The van der Waals surface area contributed by atoms with Gasteiger partial charge in [-0.05, 0) is 42.9 Å². The second kappa shape index (κ2) is 6.61. The Morgan fingerprint density at radius 1 is 1.20 bits per heavy atom. The first-order valence-corrected chi connectivity index (χ1v) is 7.39. The van der Waals surface area contributed by atoms with Crippen molar-refractivity contribution in [2.45, 2.75) is 57.2 Å². The lowest BCUT2D eigenvalue weighted by atomic mass is 9.80. The quantitative estimate of drug-likeness (QED) is 0.780. The van der Waals surface area contributed by atoms with Crippen LogP contribution in [0, 0.1) is 0 Å². The van der Waals surface area contributed by atoms with E-state index in [1.165, 1.54) is 24.8 Å². The minimum absolute atomic E-state index is 0.602. The second-order valence-electron chi connectivity index (χ2n) is 5.62. The average molecular weight is 285 g/mol. The smallest absolute Gasteiger partial charge is 0.310 e. The van der Waals surface area contributed by atoms with Crippen LogP contribution in [0.15, 0.2) is 24.3 Å². The van der Waals surface area contributed by atoms with Crippen molar-refractivity contribution in [2.75, 3.05) is 6.54 Å². The third-order valence-electron chi connectivity index (χ3n) is 3.99. The molecule has 1 aliphatic rings. The zero-order chi connectivity index (χ0) is 14.6. The summed E-state index contributed by atoms with van der Waals surface area (Å²) in [4.78, 5) is 0. The zero-order valence-corrected chi connectivity index (χ0v) is 11.8. The Hall–Kier alpha value is -1.03. The summed E-state index contributed by atoms with van der Waals surface area (Å²) in [5.41, 5.74) is 2.00. The van der Waals surface area contributed by atoms with Crippen LogP contribution in [-0.2, 0) is 0 Å². The number of rotatable bonds is 6. The lowest BCUT2D eigenvalue weighted by Crippen LogP contribution is -2.27.